The van der Waals surface area contributed by atoms with E-state index < -0.39 is 0 Å². The van der Waals surface area contributed by atoms with Gasteiger partial charge in [-0.2, -0.15) is 0 Å². The summed E-state index contributed by atoms with van der Waals surface area (Å²) >= 11 is 3.31. The van der Waals surface area contributed by atoms with Gasteiger partial charge in [-0.1, -0.05) is 36.7 Å². The standard InChI is InChI=1S/C9H18BrNO/c1-6(2)8(4)9(12)11-7(3)5-10/h6-8H,5H2,1-4H3,(H,11,12). The summed E-state index contributed by atoms with van der Waals surface area (Å²) in [4.78, 5) is 11.4. The molecular weight excluding hydrogens is 218 g/mol. The lowest BCUT2D eigenvalue weighted by Gasteiger charge is -2.18. The van der Waals surface area contributed by atoms with E-state index in [1.54, 1.807) is 0 Å². The third-order valence-corrected chi connectivity index (χ3v) is 3.00. The van der Waals surface area contributed by atoms with Gasteiger partial charge in [0.2, 0.25) is 5.91 Å². The molecule has 0 rings (SSSR count). The van der Waals surface area contributed by atoms with Crippen molar-refractivity contribution < 1.29 is 4.79 Å². The maximum absolute atomic E-state index is 11.4. The first-order chi connectivity index (χ1) is 5.49. The van der Waals surface area contributed by atoms with Gasteiger partial charge in [-0.15, -0.1) is 0 Å². The topological polar surface area (TPSA) is 29.1 Å². The number of amides is 1. The van der Waals surface area contributed by atoms with E-state index in [-0.39, 0.29) is 17.9 Å². The van der Waals surface area contributed by atoms with E-state index in [0.29, 0.717) is 5.92 Å². The second kappa shape index (κ2) is 5.57. The minimum atomic E-state index is 0.103. The molecule has 0 aromatic heterocycles. The molecule has 1 N–H and O–H groups in total. The first-order valence-corrected chi connectivity index (χ1v) is 5.47. The van der Waals surface area contributed by atoms with Gasteiger partial charge in [-0.05, 0) is 12.8 Å². The van der Waals surface area contributed by atoms with Crippen LogP contribution in [-0.2, 0) is 4.79 Å². The summed E-state index contributed by atoms with van der Waals surface area (Å²) in [5.74, 6) is 0.663. The Kier molecular flexibility index (Phi) is 5.55. The maximum Gasteiger partial charge on any atom is 0.223 e. The van der Waals surface area contributed by atoms with Crippen molar-refractivity contribution in [2.24, 2.45) is 11.8 Å². The lowest BCUT2D eigenvalue weighted by Crippen LogP contribution is -2.38. The Morgan fingerprint density at radius 1 is 1.33 bits per heavy atom. The Morgan fingerprint density at radius 3 is 2.17 bits per heavy atom. The molecule has 0 saturated heterocycles. The fourth-order valence-corrected chi connectivity index (χ4v) is 0.877. The summed E-state index contributed by atoms with van der Waals surface area (Å²) in [5.41, 5.74) is 0. The summed E-state index contributed by atoms with van der Waals surface area (Å²) in [5, 5.41) is 3.73. The van der Waals surface area contributed by atoms with Gasteiger partial charge in [-0.3, -0.25) is 4.79 Å². The summed E-state index contributed by atoms with van der Waals surface area (Å²) in [7, 11) is 0. The van der Waals surface area contributed by atoms with Crippen LogP contribution in [0.1, 0.15) is 27.7 Å². The van der Waals surface area contributed by atoms with Crippen LogP contribution in [0.25, 0.3) is 0 Å². The van der Waals surface area contributed by atoms with E-state index >= 15 is 0 Å². The zero-order valence-electron chi connectivity index (χ0n) is 8.23. The quantitative estimate of drug-likeness (QED) is 0.745. The minimum absolute atomic E-state index is 0.103. The molecule has 2 nitrogen and oxygen atoms in total. The van der Waals surface area contributed by atoms with Gasteiger partial charge in [0.25, 0.3) is 0 Å². The number of rotatable bonds is 4. The zero-order valence-corrected chi connectivity index (χ0v) is 9.81. The molecule has 0 bridgehead atoms. The van der Waals surface area contributed by atoms with Crippen LogP contribution in [0.2, 0.25) is 0 Å². The second-order valence-corrected chi connectivity index (χ2v) is 4.24. The van der Waals surface area contributed by atoms with E-state index in [9.17, 15) is 4.79 Å². The molecule has 0 spiro atoms. The zero-order chi connectivity index (χ0) is 9.72. The fourth-order valence-electron chi connectivity index (χ4n) is 0.716. The minimum Gasteiger partial charge on any atom is -0.353 e. The van der Waals surface area contributed by atoms with E-state index in [1.165, 1.54) is 0 Å². The third kappa shape index (κ3) is 4.10. The molecule has 12 heavy (non-hydrogen) atoms. The first kappa shape index (κ1) is 11.9. The lowest BCUT2D eigenvalue weighted by molar-refractivity contribution is -0.126. The monoisotopic (exact) mass is 235 g/mol. The highest BCUT2D eigenvalue weighted by Crippen LogP contribution is 2.09. The molecule has 0 fully saturated rings. The van der Waals surface area contributed by atoms with Crippen LogP contribution >= 0.6 is 15.9 Å². The normalized spacial score (nSPS) is 15.8. The summed E-state index contributed by atoms with van der Waals surface area (Å²) in [6, 6.07) is 0.221. The molecule has 0 radical (unpaired) electrons. The third-order valence-electron chi connectivity index (χ3n) is 2.03. The average molecular weight is 236 g/mol. The molecule has 0 aromatic carbocycles. The Balaban J connectivity index is 3.87. The Hall–Kier alpha value is -0.0500. The van der Waals surface area contributed by atoms with Gasteiger partial charge in [-0.25, -0.2) is 0 Å². The Morgan fingerprint density at radius 2 is 1.83 bits per heavy atom. The van der Waals surface area contributed by atoms with Crippen molar-refractivity contribution >= 4 is 21.8 Å². The number of hydrogen-bond acceptors (Lipinski definition) is 1. The SMILES string of the molecule is CC(CBr)NC(=O)C(C)C(C)C. The van der Waals surface area contributed by atoms with Crippen LogP contribution in [0.4, 0.5) is 0 Å². The van der Waals surface area contributed by atoms with Gasteiger partial charge < -0.3 is 5.32 Å². The molecule has 3 heteroatoms. The van der Waals surface area contributed by atoms with Gasteiger partial charge >= 0.3 is 0 Å². The summed E-state index contributed by atoms with van der Waals surface area (Å²) < 4.78 is 0. The van der Waals surface area contributed by atoms with Gasteiger partial charge in [0.15, 0.2) is 0 Å². The highest BCUT2D eigenvalue weighted by molar-refractivity contribution is 9.09. The molecule has 2 atom stereocenters. The molecule has 2 unspecified atom stereocenters. The van der Waals surface area contributed by atoms with E-state index in [1.807, 2.05) is 13.8 Å². The maximum atomic E-state index is 11.4. The number of halogens is 1. The smallest absolute Gasteiger partial charge is 0.223 e. The Labute approximate surface area is 83.2 Å². The van der Waals surface area contributed by atoms with Crippen molar-refractivity contribution in [1.29, 1.82) is 0 Å². The van der Waals surface area contributed by atoms with E-state index in [4.69, 9.17) is 0 Å². The van der Waals surface area contributed by atoms with Gasteiger partial charge in [0.1, 0.15) is 0 Å². The fraction of sp³-hybridized carbons (Fsp3) is 0.889. The summed E-state index contributed by atoms with van der Waals surface area (Å²) in [6.07, 6.45) is 0. The average Bonchev–Trinajstić information content (AvgIpc) is 2.02. The molecule has 0 aliphatic heterocycles. The van der Waals surface area contributed by atoms with Gasteiger partial charge in [0.05, 0.1) is 0 Å². The van der Waals surface area contributed by atoms with E-state index in [2.05, 4.69) is 35.1 Å². The van der Waals surface area contributed by atoms with Crippen molar-refractivity contribution in [3.63, 3.8) is 0 Å². The highest BCUT2D eigenvalue weighted by Gasteiger charge is 2.17. The van der Waals surface area contributed by atoms with Crippen molar-refractivity contribution in [3.05, 3.63) is 0 Å². The second-order valence-electron chi connectivity index (χ2n) is 3.60. The predicted molar refractivity (Wildman–Crippen MR) is 55.4 cm³/mol. The van der Waals surface area contributed by atoms with Crippen LogP contribution < -0.4 is 5.32 Å². The van der Waals surface area contributed by atoms with Crippen molar-refractivity contribution in [2.75, 3.05) is 5.33 Å². The molecule has 1 amide bonds. The number of hydrogen-bond donors (Lipinski definition) is 1. The van der Waals surface area contributed by atoms with Crippen LogP contribution in [0.15, 0.2) is 0 Å². The highest BCUT2D eigenvalue weighted by atomic mass is 79.9. The number of carbonyl (C=O) groups excluding carboxylic acids is 1. The number of nitrogens with one attached hydrogen (secondary N) is 1. The molecule has 0 aliphatic carbocycles. The number of alkyl halides is 1. The molecule has 0 aromatic rings. The van der Waals surface area contributed by atoms with Crippen LogP contribution in [-0.4, -0.2) is 17.3 Å². The number of carbonyl (C=O) groups is 1. The van der Waals surface area contributed by atoms with Crippen LogP contribution in [0, 0.1) is 11.8 Å². The molecule has 0 heterocycles. The van der Waals surface area contributed by atoms with Crippen LogP contribution in [0.3, 0.4) is 0 Å². The summed E-state index contributed by atoms with van der Waals surface area (Å²) in [6.45, 7) is 8.06. The molecule has 0 aliphatic rings. The van der Waals surface area contributed by atoms with Gasteiger partial charge in [0, 0.05) is 17.3 Å². The van der Waals surface area contributed by atoms with Crippen molar-refractivity contribution in [3.8, 4) is 0 Å². The predicted octanol–water partition coefficient (Wildman–Crippen LogP) is 2.18. The molecular formula is C9H18BrNO. The Bertz CT molecular complexity index is 147. The van der Waals surface area contributed by atoms with Crippen molar-refractivity contribution in [1.82, 2.24) is 5.32 Å². The van der Waals surface area contributed by atoms with Crippen molar-refractivity contribution in [2.45, 2.75) is 33.7 Å². The molecule has 72 valence electrons. The molecule has 0 saturated carbocycles. The van der Waals surface area contributed by atoms with E-state index in [0.717, 1.165) is 5.33 Å². The largest absolute Gasteiger partial charge is 0.353 e. The first-order valence-electron chi connectivity index (χ1n) is 4.35. The van der Waals surface area contributed by atoms with Crippen LogP contribution in [0.5, 0.6) is 0 Å². The lowest BCUT2D eigenvalue weighted by atomic mass is 9.97.